The number of thiophene rings is 1. The number of nitrogens with two attached hydrogens (primary N) is 1. The molecule has 24 heavy (non-hydrogen) atoms. The molecule has 1 aliphatic heterocycles. The summed E-state index contributed by atoms with van der Waals surface area (Å²) < 4.78 is 28.0. The summed E-state index contributed by atoms with van der Waals surface area (Å²) in [6.07, 6.45) is 2.76. The fourth-order valence-corrected chi connectivity index (χ4v) is 6.80. The summed E-state index contributed by atoms with van der Waals surface area (Å²) in [7, 11) is -3.49. The van der Waals surface area contributed by atoms with Crippen molar-refractivity contribution in [3.05, 3.63) is 22.5 Å². The molecule has 5 nitrogen and oxygen atoms in total. The van der Waals surface area contributed by atoms with Crippen LogP contribution in [-0.4, -0.2) is 36.3 Å². The maximum Gasteiger partial charge on any atom is 0.252 e. The largest absolute Gasteiger partial charge is 0.326 e. The number of thiazole rings is 1. The highest BCUT2D eigenvalue weighted by atomic mass is 35.5. The van der Waals surface area contributed by atoms with Crippen LogP contribution in [0.4, 0.5) is 0 Å². The van der Waals surface area contributed by atoms with Gasteiger partial charge in [-0.25, -0.2) is 13.4 Å². The van der Waals surface area contributed by atoms with Crippen molar-refractivity contribution in [3.63, 3.8) is 0 Å². The van der Waals surface area contributed by atoms with Gasteiger partial charge in [0, 0.05) is 24.0 Å². The molecular formula is C15H22ClN3O2S3. The third-order valence-electron chi connectivity index (χ3n) is 4.12. The standard InChI is InChI=1S/C15H21N3O2S3.ClH/c1-10(16)13-5-3-4-8-18(13)23(19,20)15-7-6-14(22-15)12-9-21-11(2)17-12;/h6-7,9-10,13H,3-5,8,16H2,1-2H3;1H. The minimum absolute atomic E-state index is 0. The number of piperidine rings is 1. The molecule has 2 unspecified atom stereocenters. The fourth-order valence-electron chi connectivity index (χ4n) is 2.94. The first kappa shape index (κ1) is 19.8. The summed E-state index contributed by atoms with van der Waals surface area (Å²) in [4.78, 5) is 5.32. The molecule has 1 fully saturated rings. The van der Waals surface area contributed by atoms with Crippen LogP contribution in [0.2, 0.25) is 0 Å². The molecule has 134 valence electrons. The molecule has 9 heteroatoms. The van der Waals surface area contributed by atoms with Crippen molar-refractivity contribution >= 4 is 45.1 Å². The molecule has 0 aromatic carbocycles. The van der Waals surface area contributed by atoms with Gasteiger partial charge in [-0.15, -0.1) is 35.1 Å². The number of nitrogens with zero attached hydrogens (tertiary/aromatic N) is 2. The van der Waals surface area contributed by atoms with Crippen LogP contribution < -0.4 is 5.73 Å². The van der Waals surface area contributed by atoms with E-state index in [0.29, 0.717) is 10.8 Å². The number of sulfonamides is 1. The Hall–Kier alpha value is -0.510. The Morgan fingerprint density at radius 3 is 2.75 bits per heavy atom. The summed E-state index contributed by atoms with van der Waals surface area (Å²) >= 11 is 2.85. The van der Waals surface area contributed by atoms with Crippen molar-refractivity contribution in [2.45, 2.75) is 49.4 Å². The van der Waals surface area contributed by atoms with E-state index in [2.05, 4.69) is 4.98 Å². The van der Waals surface area contributed by atoms with Crippen LogP contribution in [0, 0.1) is 6.92 Å². The Kier molecular flexibility index (Phi) is 6.44. The van der Waals surface area contributed by atoms with E-state index in [0.717, 1.165) is 34.8 Å². The van der Waals surface area contributed by atoms with E-state index >= 15 is 0 Å². The molecule has 0 spiro atoms. The number of hydrogen-bond acceptors (Lipinski definition) is 6. The van der Waals surface area contributed by atoms with Crippen LogP contribution in [0.3, 0.4) is 0 Å². The minimum Gasteiger partial charge on any atom is -0.326 e. The predicted molar refractivity (Wildman–Crippen MR) is 103 cm³/mol. The lowest BCUT2D eigenvalue weighted by molar-refractivity contribution is 0.227. The van der Waals surface area contributed by atoms with Crippen molar-refractivity contribution in [1.29, 1.82) is 0 Å². The number of aryl methyl sites for hydroxylation is 1. The van der Waals surface area contributed by atoms with Gasteiger partial charge in [0.05, 0.1) is 15.6 Å². The predicted octanol–water partition coefficient (Wildman–Crippen LogP) is 3.49. The summed E-state index contributed by atoms with van der Waals surface area (Å²) in [5.74, 6) is 0. The van der Waals surface area contributed by atoms with Gasteiger partial charge in [0.1, 0.15) is 4.21 Å². The van der Waals surface area contributed by atoms with E-state index in [9.17, 15) is 8.42 Å². The Morgan fingerprint density at radius 1 is 1.38 bits per heavy atom. The third-order valence-corrected chi connectivity index (χ3v) is 8.39. The molecule has 0 amide bonds. The van der Waals surface area contributed by atoms with Gasteiger partial charge in [0.25, 0.3) is 10.0 Å². The van der Waals surface area contributed by atoms with Crippen LogP contribution in [0.15, 0.2) is 21.7 Å². The van der Waals surface area contributed by atoms with E-state index in [1.165, 1.54) is 11.3 Å². The maximum atomic E-state index is 13.0. The Morgan fingerprint density at radius 2 is 2.12 bits per heavy atom. The molecular weight excluding hydrogens is 386 g/mol. The van der Waals surface area contributed by atoms with Crippen molar-refractivity contribution in [3.8, 4) is 10.6 Å². The zero-order chi connectivity index (χ0) is 16.6. The second kappa shape index (κ2) is 7.80. The molecule has 2 N–H and O–H groups in total. The van der Waals surface area contributed by atoms with E-state index in [1.807, 2.05) is 25.3 Å². The SMILES string of the molecule is Cc1nc(-c2ccc(S(=O)(=O)N3CCCCC3C(C)N)s2)cs1.Cl. The second-order valence-corrected chi connectivity index (χ2v) is 10.2. The van der Waals surface area contributed by atoms with Crippen LogP contribution in [0.5, 0.6) is 0 Å². The normalized spacial score (nSPS) is 20.5. The van der Waals surface area contributed by atoms with Crippen molar-refractivity contribution in [2.24, 2.45) is 5.73 Å². The van der Waals surface area contributed by atoms with Crippen LogP contribution in [0.25, 0.3) is 10.6 Å². The highest BCUT2D eigenvalue weighted by Crippen LogP contribution is 2.35. The topological polar surface area (TPSA) is 76.3 Å². The summed E-state index contributed by atoms with van der Waals surface area (Å²) in [6.45, 7) is 4.38. The molecule has 0 radical (unpaired) electrons. The zero-order valence-electron chi connectivity index (χ0n) is 13.6. The summed E-state index contributed by atoms with van der Waals surface area (Å²) in [5, 5.41) is 2.94. The van der Waals surface area contributed by atoms with Crippen LogP contribution in [-0.2, 0) is 10.0 Å². The van der Waals surface area contributed by atoms with Gasteiger partial charge in [-0.1, -0.05) is 6.42 Å². The van der Waals surface area contributed by atoms with Crippen molar-refractivity contribution in [1.82, 2.24) is 9.29 Å². The van der Waals surface area contributed by atoms with E-state index < -0.39 is 10.0 Å². The average Bonchev–Trinajstić information content (AvgIpc) is 3.16. The number of halogens is 1. The zero-order valence-corrected chi connectivity index (χ0v) is 16.9. The Labute approximate surface area is 157 Å². The quantitative estimate of drug-likeness (QED) is 0.841. The third kappa shape index (κ3) is 3.84. The second-order valence-electron chi connectivity index (χ2n) is 5.91. The Balaban J connectivity index is 0.00000208. The smallest absolute Gasteiger partial charge is 0.252 e. The number of rotatable bonds is 4. The highest BCUT2D eigenvalue weighted by Gasteiger charge is 2.36. The first-order valence-corrected chi connectivity index (χ1v) is 10.8. The van der Waals surface area contributed by atoms with Crippen molar-refractivity contribution < 1.29 is 8.42 Å². The van der Waals surface area contributed by atoms with Gasteiger partial charge in [-0.05, 0) is 38.8 Å². The van der Waals surface area contributed by atoms with Gasteiger partial charge in [-0.3, -0.25) is 0 Å². The van der Waals surface area contributed by atoms with Crippen molar-refractivity contribution in [2.75, 3.05) is 6.54 Å². The van der Waals surface area contributed by atoms with E-state index in [1.54, 1.807) is 21.7 Å². The molecule has 2 aromatic heterocycles. The molecule has 0 aliphatic carbocycles. The lowest BCUT2D eigenvalue weighted by Gasteiger charge is -2.36. The molecule has 3 heterocycles. The minimum atomic E-state index is -3.49. The molecule has 1 aliphatic rings. The molecule has 0 saturated carbocycles. The Bertz CT molecular complexity index is 785. The monoisotopic (exact) mass is 407 g/mol. The lowest BCUT2D eigenvalue weighted by atomic mass is 10.00. The van der Waals surface area contributed by atoms with Gasteiger partial charge >= 0.3 is 0 Å². The molecule has 0 bridgehead atoms. The molecule has 2 atom stereocenters. The van der Waals surface area contributed by atoms with Gasteiger partial charge in [0.15, 0.2) is 0 Å². The van der Waals surface area contributed by atoms with Gasteiger partial charge in [-0.2, -0.15) is 4.31 Å². The molecule has 3 rings (SSSR count). The molecule has 1 saturated heterocycles. The van der Waals surface area contributed by atoms with Gasteiger partial charge in [0.2, 0.25) is 0 Å². The summed E-state index contributed by atoms with van der Waals surface area (Å²) in [6, 6.07) is 3.26. The highest BCUT2D eigenvalue weighted by molar-refractivity contribution is 7.91. The number of aromatic nitrogens is 1. The summed E-state index contributed by atoms with van der Waals surface area (Å²) in [5.41, 5.74) is 6.87. The fraction of sp³-hybridized carbons (Fsp3) is 0.533. The van der Waals surface area contributed by atoms with E-state index in [-0.39, 0.29) is 24.5 Å². The first-order valence-electron chi connectivity index (χ1n) is 7.69. The number of hydrogen-bond donors (Lipinski definition) is 1. The van der Waals surface area contributed by atoms with Crippen LogP contribution >= 0.6 is 35.1 Å². The van der Waals surface area contributed by atoms with Crippen LogP contribution in [0.1, 0.15) is 31.2 Å². The lowest BCUT2D eigenvalue weighted by Crippen LogP contribution is -2.51. The maximum absolute atomic E-state index is 13.0. The van der Waals surface area contributed by atoms with E-state index in [4.69, 9.17) is 5.73 Å². The average molecular weight is 408 g/mol. The van der Waals surface area contributed by atoms with Gasteiger partial charge < -0.3 is 5.73 Å². The first-order chi connectivity index (χ1) is 10.9. The molecule has 2 aromatic rings.